The molecule has 19 heavy (non-hydrogen) atoms. The largest absolute Gasteiger partial charge is 0.372 e. The molecule has 1 aliphatic rings. The highest BCUT2D eigenvalue weighted by molar-refractivity contribution is 7.16. The van der Waals surface area contributed by atoms with Crippen molar-refractivity contribution in [2.75, 3.05) is 18.9 Å². The third-order valence-electron chi connectivity index (χ3n) is 3.89. The standard InChI is InChI=1S/C14H20N4S/c1-10-5-3-4-7-18(10)9-12-16-13(15-2)11-6-8-19-14(11)17-12/h6,8,10H,3-5,7,9H2,1-2H3,(H,15,16,17). The molecule has 102 valence electrons. The first-order valence-electron chi connectivity index (χ1n) is 6.94. The van der Waals surface area contributed by atoms with Crippen LogP contribution in [0.1, 0.15) is 32.0 Å². The predicted molar refractivity (Wildman–Crippen MR) is 80.7 cm³/mol. The summed E-state index contributed by atoms with van der Waals surface area (Å²) >= 11 is 1.68. The average Bonchev–Trinajstić information content (AvgIpc) is 2.89. The molecule has 3 heterocycles. The molecule has 1 N–H and O–H groups in total. The lowest BCUT2D eigenvalue weighted by Crippen LogP contribution is -2.37. The zero-order valence-corrected chi connectivity index (χ0v) is 12.3. The maximum absolute atomic E-state index is 4.70. The van der Waals surface area contributed by atoms with Crippen molar-refractivity contribution < 1.29 is 0 Å². The number of piperidine rings is 1. The van der Waals surface area contributed by atoms with E-state index in [9.17, 15) is 0 Å². The molecule has 1 aliphatic heterocycles. The molecule has 2 aromatic heterocycles. The molecule has 1 saturated heterocycles. The minimum absolute atomic E-state index is 0.648. The normalized spacial score (nSPS) is 20.8. The Morgan fingerprint density at radius 2 is 2.32 bits per heavy atom. The summed E-state index contributed by atoms with van der Waals surface area (Å²) in [7, 11) is 1.92. The van der Waals surface area contributed by atoms with Crippen LogP contribution in [0, 0.1) is 0 Å². The molecule has 0 amide bonds. The maximum Gasteiger partial charge on any atom is 0.146 e. The van der Waals surface area contributed by atoms with Gasteiger partial charge in [-0.2, -0.15) is 0 Å². The summed E-state index contributed by atoms with van der Waals surface area (Å²) in [4.78, 5) is 12.9. The molecule has 0 aromatic carbocycles. The third kappa shape index (κ3) is 2.58. The second-order valence-corrected chi connectivity index (χ2v) is 6.09. The van der Waals surface area contributed by atoms with Crippen LogP contribution in [-0.4, -0.2) is 34.5 Å². The SMILES string of the molecule is CNc1nc(CN2CCCCC2C)nc2sccc12. The van der Waals surface area contributed by atoms with Gasteiger partial charge >= 0.3 is 0 Å². The van der Waals surface area contributed by atoms with Gasteiger partial charge < -0.3 is 5.32 Å². The lowest BCUT2D eigenvalue weighted by Gasteiger charge is -2.32. The van der Waals surface area contributed by atoms with E-state index in [2.05, 4.69) is 33.6 Å². The van der Waals surface area contributed by atoms with Crippen molar-refractivity contribution in [1.82, 2.24) is 14.9 Å². The second-order valence-electron chi connectivity index (χ2n) is 5.19. The molecule has 0 spiro atoms. The van der Waals surface area contributed by atoms with Crippen molar-refractivity contribution in [3.8, 4) is 0 Å². The Labute approximate surface area is 117 Å². The summed E-state index contributed by atoms with van der Waals surface area (Å²) in [6, 6.07) is 2.73. The van der Waals surface area contributed by atoms with Crippen molar-refractivity contribution >= 4 is 27.4 Å². The van der Waals surface area contributed by atoms with E-state index >= 15 is 0 Å². The van der Waals surface area contributed by atoms with Gasteiger partial charge in [0.15, 0.2) is 0 Å². The van der Waals surface area contributed by atoms with Crippen molar-refractivity contribution in [2.45, 2.75) is 38.8 Å². The first kappa shape index (κ1) is 12.8. The summed E-state index contributed by atoms with van der Waals surface area (Å²) in [5.41, 5.74) is 0. The van der Waals surface area contributed by atoms with Gasteiger partial charge in [0.2, 0.25) is 0 Å². The van der Waals surface area contributed by atoms with Crippen LogP contribution in [0.2, 0.25) is 0 Å². The van der Waals surface area contributed by atoms with Gasteiger partial charge in [-0.25, -0.2) is 9.97 Å². The minimum Gasteiger partial charge on any atom is -0.372 e. The Balaban J connectivity index is 1.87. The van der Waals surface area contributed by atoms with Gasteiger partial charge in [-0.1, -0.05) is 6.42 Å². The fourth-order valence-corrected chi connectivity index (χ4v) is 3.52. The number of hydrogen-bond donors (Lipinski definition) is 1. The molecule has 1 atom stereocenters. The van der Waals surface area contributed by atoms with Crippen LogP contribution in [0.15, 0.2) is 11.4 Å². The van der Waals surface area contributed by atoms with Gasteiger partial charge in [0, 0.05) is 13.1 Å². The molecular weight excluding hydrogens is 256 g/mol. The first-order valence-corrected chi connectivity index (χ1v) is 7.82. The number of rotatable bonds is 3. The van der Waals surface area contributed by atoms with E-state index in [0.717, 1.165) is 28.4 Å². The van der Waals surface area contributed by atoms with Crippen molar-refractivity contribution in [3.05, 3.63) is 17.3 Å². The monoisotopic (exact) mass is 276 g/mol. The molecule has 0 aliphatic carbocycles. The van der Waals surface area contributed by atoms with Crippen LogP contribution in [0.3, 0.4) is 0 Å². The van der Waals surface area contributed by atoms with Gasteiger partial charge in [0.05, 0.1) is 11.9 Å². The molecule has 0 bridgehead atoms. The number of thiophene rings is 1. The Morgan fingerprint density at radius 1 is 1.42 bits per heavy atom. The Morgan fingerprint density at radius 3 is 3.11 bits per heavy atom. The molecule has 1 unspecified atom stereocenters. The second kappa shape index (κ2) is 5.43. The number of likely N-dealkylation sites (tertiary alicyclic amines) is 1. The Hall–Kier alpha value is -1.20. The van der Waals surface area contributed by atoms with Crippen LogP contribution >= 0.6 is 11.3 Å². The number of aromatic nitrogens is 2. The van der Waals surface area contributed by atoms with E-state index in [1.54, 1.807) is 11.3 Å². The van der Waals surface area contributed by atoms with Crippen molar-refractivity contribution in [1.29, 1.82) is 0 Å². The van der Waals surface area contributed by atoms with Crippen molar-refractivity contribution in [2.24, 2.45) is 0 Å². The van der Waals surface area contributed by atoms with Gasteiger partial charge in [-0.15, -0.1) is 11.3 Å². The Kier molecular flexibility index (Phi) is 3.66. The predicted octanol–water partition coefficient (Wildman–Crippen LogP) is 3.11. The summed E-state index contributed by atoms with van der Waals surface area (Å²) in [5.74, 6) is 1.89. The van der Waals surface area contributed by atoms with Gasteiger partial charge in [-0.05, 0) is 37.8 Å². The zero-order valence-electron chi connectivity index (χ0n) is 11.5. The topological polar surface area (TPSA) is 41.1 Å². The fraction of sp³-hybridized carbons (Fsp3) is 0.571. The lowest BCUT2D eigenvalue weighted by molar-refractivity contribution is 0.149. The lowest BCUT2D eigenvalue weighted by atomic mass is 10.0. The molecular formula is C14H20N4S. The number of anilines is 1. The maximum atomic E-state index is 4.70. The molecule has 2 aromatic rings. The summed E-state index contributed by atoms with van der Waals surface area (Å²) in [6.45, 7) is 4.34. The van der Waals surface area contributed by atoms with E-state index in [1.807, 2.05) is 7.05 Å². The van der Waals surface area contributed by atoms with E-state index < -0.39 is 0 Å². The van der Waals surface area contributed by atoms with E-state index in [0.29, 0.717) is 6.04 Å². The number of hydrogen-bond acceptors (Lipinski definition) is 5. The van der Waals surface area contributed by atoms with E-state index in [1.165, 1.54) is 25.8 Å². The summed E-state index contributed by atoms with van der Waals surface area (Å²) < 4.78 is 0. The summed E-state index contributed by atoms with van der Waals surface area (Å²) in [6.07, 6.45) is 3.94. The summed E-state index contributed by atoms with van der Waals surface area (Å²) in [5, 5.41) is 6.39. The quantitative estimate of drug-likeness (QED) is 0.935. The fourth-order valence-electron chi connectivity index (χ4n) is 2.74. The average molecular weight is 276 g/mol. The van der Waals surface area contributed by atoms with Crippen LogP contribution < -0.4 is 5.32 Å². The first-order chi connectivity index (χ1) is 9.28. The highest BCUT2D eigenvalue weighted by atomic mass is 32.1. The van der Waals surface area contributed by atoms with Crippen LogP contribution in [-0.2, 0) is 6.54 Å². The van der Waals surface area contributed by atoms with Crippen LogP contribution in [0.4, 0.5) is 5.82 Å². The molecule has 0 radical (unpaired) electrons. The highest BCUT2D eigenvalue weighted by Crippen LogP contribution is 2.26. The Bertz CT molecular complexity index is 566. The number of nitrogens with zero attached hydrogens (tertiary/aromatic N) is 3. The van der Waals surface area contributed by atoms with Gasteiger partial charge in [-0.3, -0.25) is 4.90 Å². The highest BCUT2D eigenvalue weighted by Gasteiger charge is 2.20. The zero-order chi connectivity index (χ0) is 13.2. The number of nitrogens with one attached hydrogen (secondary N) is 1. The third-order valence-corrected chi connectivity index (χ3v) is 4.70. The van der Waals surface area contributed by atoms with Crippen LogP contribution in [0.5, 0.6) is 0 Å². The minimum atomic E-state index is 0.648. The van der Waals surface area contributed by atoms with Crippen molar-refractivity contribution in [3.63, 3.8) is 0 Å². The molecule has 3 rings (SSSR count). The molecule has 4 nitrogen and oxygen atoms in total. The van der Waals surface area contributed by atoms with Gasteiger partial charge in [0.25, 0.3) is 0 Å². The van der Waals surface area contributed by atoms with Crippen LogP contribution in [0.25, 0.3) is 10.2 Å². The van der Waals surface area contributed by atoms with E-state index in [-0.39, 0.29) is 0 Å². The van der Waals surface area contributed by atoms with Gasteiger partial charge in [0.1, 0.15) is 16.5 Å². The smallest absolute Gasteiger partial charge is 0.146 e. The molecule has 0 saturated carbocycles. The molecule has 1 fully saturated rings. The number of fused-ring (bicyclic) bond motifs is 1. The van der Waals surface area contributed by atoms with E-state index in [4.69, 9.17) is 4.98 Å². The molecule has 5 heteroatoms.